The Hall–Kier alpha value is -0.960. The van der Waals surface area contributed by atoms with Crippen LogP contribution in [0.3, 0.4) is 0 Å². The molecule has 1 aromatic rings. The van der Waals surface area contributed by atoms with Gasteiger partial charge in [-0.2, -0.15) is 0 Å². The molecule has 0 bridgehead atoms. The maximum Gasteiger partial charge on any atom is 0.0782 e. The standard InChI is InChI=1S/C10H12N2S/c1-12-9(4-5-10(12)13)8-3-2-6-11-7-8/h2-3,6-7,9H,4-5H2,1H3/t9-/m0/s1. The van der Waals surface area contributed by atoms with E-state index in [0.29, 0.717) is 6.04 Å². The maximum atomic E-state index is 5.22. The molecule has 0 spiro atoms. The molecule has 1 aliphatic heterocycles. The van der Waals surface area contributed by atoms with Crippen molar-refractivity contribution >= 4 is 17.2 Å². The molecular formula is C10H12N2S. The summed E-state index contributed by atoms with van der Waals surface area (Å²) in [6, 6.07) is 4.54. The zero-order valence-corrected chi connectivity index (χ0v) is 8.42. The van der Waals surface area contributed by atoms with E-state index in [-0.39, 0.29) is 0 Å². The van der Waals surface area contributed by atoms with Gasteiger partial charge in [-0.1, -0.05) is 18.3 Å². The van der Waals surface area contributed by atoms with Crippen LogP contribution < -0.4 is 0 Å². The van der Waals surface area contributed by atoms with E-state index >= 15 is 0 Å². The highest BCUT2D eigenvalue weighted by Gasteiger charge is 2.25. The number of rotatable bonds is 1. The van der Waals surface area contributed by atoms with Gasteiger partial charge in [-0.15, -0.1) is 0 Å². The summed E-state index contributed by atoms with van der Waals surface area (Å²) in [5.74, 6) is 0. The average molecular weight is 192 g/mol. The van der Waals surface area contributed by atoms with Gasteiger partial charge in [-0.3, -0.25) is 4.98 Å². The van der Waals surface area contributed by atoms with E-state index in [0.717, 1.165) is 17.8 Å². The van der Waals surface area contributed by atoms with Crippen LogP contribution in [0, 0.1) is 0 Å². The zero-order chi connectivity index (χ0) is 9.26. The van der Waals surface area contributed by atoms with Gasteiger partial charge in [-0.05, 0) is 18.1 Å². The van der Waals surface area contributed by atoms with Crippen molar-refractivity contribution in [2.45, 2.75) is 18.9 Å². The number of nitrogens with zero attached hydrogens (tertiary/aromatic N) is 2. The van der Waals surface area contributed by atoms with Crippen molar-refractivity contribution in [3.05, 3.63) is 30.1 Å². The zero-order valence-electron chi connectivity index (χ0n) is 7.60. The van der Waals surface area contributed by atoms with Gasteiger partial charge >= 0.3 is 0 Å². The van der Waals surface area contributed by atoms with Gasteiger partial charge in [0, 0.05) is 25.9 Å². The van der Waals surface area contributed by atoms with Crippen LogP contribution in [0.25, 0.3) is 0 Å². The van der Waals surface area contributed by atoms with Crippen molar-refractivity contribution in [3.8, 4) is 0 Å². The van der Waals surface area contributed by atoms with E-state index in [9.17, 15) is 0 Å². The van der Waals surface area contributed by atoms with Gasteiger partial charge in [-0.25, -0.2) is 0 Å². The number of hydrogen-bond donors (Lipinski definition) is 0. The van der Waals surface area contributed by atoms with Crippen molar-refractivity contribution < 1.29 is 0 Å². The Labute approximate surface area is 83.6 Å². The predicted molar refractivity (Wildman–Crippen MR) is 56.6 cm³/mol. The minimum atomic E-state index is 0.446. The SMILES string of the molecule is CN1C(=S)CC[C@H]1c1cccnc1. The smallest absolute Gasteiger partial charge is 0.0782 e. The number of likely N-dealkylation sites (tertiary alicyclic amines) is 1. The molecule has 0 N–H and O–H groups in total. The number of thiocarbonyl (C=S) groups is 1. The van der Waals surface area contributed by atoms with Gasteiger partial charge in [0.2, 0.25) is 0 Å². The molecule has 2 heterocycles. The second-order valence-corrected chi connectivity index (χ2v) is 3.82. The number of hydrogen-bond acceptors (Lipinski definition) is 2. The molecule has 1 aromatic heterocycles. The van der Waals surface area contributed by atoms with E-state index in [4.69, 9.17) is 12.2 Å². The van der Waals surface area contributed by atoms with E-state index in [1.54, 1.807) is 6.20 Å². The second kappa shape index (κ2) is 3.42. The lowest BCUT2D eigenvalue weighted by molar-refractivity contribution is 0.410. The van der Waals surface area contributed by atoms with Gasteiger partial charge in [0.05, 0.1) is 11.0 Å². The van der Waals surface area contributed by atoms with Crippen molar-refractivity contribution in [2.75, 3.05) is 7.05 Å². The summed E-state index contributed by atoms with van der Waals surface area (Å²) >= 11 is 5.22. The molecule has 0 aromatic carbocycles. The third kappa shape index (κ3) is 1.56. The first-order valence-corrected chi connectivity index (χ1v) is 4.85. The first-order chi connectivity index (χ1) is 6.29. The fraction of sp³-hybridized carbons (Fsp3) is 0.400. The summed E-state index contributed by atoms with van der Waals surface area (Å²) in [6.45, 7) is 0. The molecule has 0 saturated carbocycles. The summed E-state index contributed by atoms with van der Waals surface area (Å²) in [5.41, 5.74) is 1.27. The molecule has 0 radical (unpaired) electrons. The highest BCUT2D eigenvalue weighted by atomic mass is 32.1. The quantitative estimate of drug-likeness (QED) is 0.634. The van der Waals surface area contributed by atoms with Gasteiger partial charge in [0.1, 0.15) is 0 Å². The molecule has 1 saturated heterocycles. The Kier molecular flexibility index (Phi) is 2.27. The van der Waals surface area contributed by atoms with Gasteiger partial charge < -0.3 is 4.90 Å². The molecular weight excluding hydrogens is 180 g/mol. The van der Waals surface area contributed by atoms with Gasteiger partial charge in [0.15, 0.2) is 0 Å². The fourth-order valence-corrected chi connectivity index (χ4v) is 2.01. The summed E-state index contributed by atoms with van der Waals surface area (Å²) in [7, 11) is 2.06. The molecule has 0 aliphatic carbocycles. The van der Waals surface area contributed by atoms with Crippen molar-refractivity contribution in [1.29, 1.82) is 0 Å². The lowest BCUT2D eigenvalue weighted by atomic mass is 10.1. The maximum absolute atomic E-state index is 5.22. The van der Waals surface area contributed by atoms with Crippen LogP contribution in [0.5, 0.6) is 0 Å². The molecule has 0 unspecified atom stereocenters. The lowest BCUT2D eigenvalue weighted by Gasteiger charge is -2.21. The number of pyridine rings is 1. The number of aromatic nitrogens is 1. The van der Waals surface area contributed by atoms with E-state index < -0.39 is 0 Å². The predicted octanol–water partition coefficient (Wildman–Crippen LogP) is 2.18. The first-order valence-electron chi connectivity index (χ1n) is 4.44. The molecule has 1 atom stereocenters. The molecule has 1 fully saturated rings. The summed E-state index contributed by atoms with van der Waals surface area (Å²) in [4.78, 5) is 7.36. The normalized spacial score (nSPS) is 22.4. The van der Waals surface area contributed by atoms with Crippen LogP contribution in [0.1, 0.15) is 24.4 Å². The van der Waals surface area contributed by atoms with Crippen LogP contribution in [-0.2, 0) is 0 Å². The Balaban J connectivity index is 2.24. The molecule has 1 aliphatic rings. The van der Waals surface area contributed by atoms with E-state index in [2.05, 4.69) is 23.0 Å². The Bertz CT molecular complexity index is 310. The molecule has 68 valence electrons. The molecule has 2 rings (SSSR count). The fourth-order valence-electron chi connectivity index (χ4n) is 1.77. The second-order valence-electron chi connectivity index (χ2n) is 3.35. The van der Waals surface area contributed by atoms with Crippen LogP contribution >= 0.6 is 12.2 Å². The van der Waals surface area contributed by atoms with E-state index in [1.807, 2.05) is 12.3 Å². The van der Waals surface area contributed by atoms with Crippen molar-refractivity contribution in [2.24, 2.45) is 0 Å². The minimum Gasteiger partial charge on any atom is -0.362 e. The van der Waals surface area contributed by atoms with E-state index in [1.165, 1.54) is 5.56 Å². The molecule has 0 amide bonds. The molecule has 3 heteroatoms. The van der Waals surface area contributed by atoms with Crippen LogP contribution in [0.2, 0.25) is 0 Å². The average Bonchev–Trinajstić information content (AvgIpc) is 2.49. The monoisotopic (exact) mass is 192 g/mol. The Morgan fingerprint density at radius 3 is 3.00 bits per heavy atom. The summed E-state index contributed by atoms with van der Waals surface area (Å²) in [6.07, 6.45) is 5.89. The largest absolute Gasteiger partial charge is 0.362 e. The Morgan fingerprint density at radius 2 is 2.46 bits per heavy atom. The first kappa shape index (κ1) is 8.63. The summed E-state index contributed by atoms with van der Waals surface area (Å²) in [5, 5.41) is 0. The van der Waals surface area contributed by atoms with Gasteiger partial charge in [0.25, 0.3) is 0 Å². The topological polar surface area (TPSA) is 16.1 Å². The van der Waals surface area contributed by atoms with Crippen LogP contribution in [0.15, 0.2) is 24.5 Å². The third-order valence-corrected chi connectivity index (χ3v) is 3.05. The Morgan fingerprint density at radius 1 is 1.62 bits per heavy atom. The van der Waals surface area contributed by atoms with Crippen LogP contribution in [-0.4, -0.2) is 21.9 Å². The van der Waals surface area contributed by atoms with Crippen LogP contribution in [0.4, 0.5) is 0 Å². The minimum absolute atomic E-state index is 0.446. The summed E-state index contributed by atoms with van der Waals surface area (Å²) < 4.78 is 0. The highest BCUT2D eigenvalue weighted by Crippen LogP contribution is 2.31. The highest BCUT2D eigenvalue weighted by molar-refractivity contribution is 7.80. The molecule has 2 nitrogen and oxygen atoms in total. The van der Waals surface area contributed by atoms with Crippen molar-refractivity contribution in [1.82, 2.24) is 9.88 Å². The van der Waals surface area contributed by atoms with Crippen molar-refractivity contribution in [3.63, 3.8) is 0 Å². The third-order valence-electron chi connectivity index (χ3n) is 2.56. The molecule has 13 heavy (non-hydrogen) atoms. The lowest BCUT2D eigenvalue weighted by Crippen LogP contribution is -2.21.